The van der Waals surface area contributed by atoms with E-state index in [-0.39, 0.29) is 5.91 Å². The molecule has 1 atom stereocenters. The summed E-state index contributed by atoms with van der Waals surface area (Å²) < 4.78 is 0. The van der Waals surface area contributed by atoms with E-state index >= 15 is 0 Å². The van der Waals surface area contributed by atoms with Crippen LogP contribution >= 0.6 is 11.3 Å². The quantitative estimate of drug-likeness (QED) is 0.937. The summed E-state index contributed by atoms with van der Waals surface area (Å²) >= 11 is 1.55. The number of amides is 1. The largest absolute Gasteiger partial charge is 0.337 e. The highest BCUT2D eigenvalue weighted by Crippen LogP contribution is 2.28. The van der Waals surface area contributed by atoms with Gasteiger partial charge >= 0.3 is 0 Å². The molecule has 1 aromatic heterocycles. The van der Waals surface area contributed by atoms with Gasteiger partial charge in [0, 0.05) is 24.0 Å². The molecule has 1 fully saturated rings. The van der Waals surface area contributed by atoms with Gasteiger partial charge in [-0.3, -0.25) is 4.79 Å². The number of nitrogens with one attached hydrogen (secondary N) is 1. The van der Waals surface area contributed by atoms with Crippen molar-refractivity contribution in [1.82, 2.24) is 15.2 Å². The number of hydrogen-bond donors (Lipinski definition) is 1. The zero-order valence-electron chi connectivity index (χ0n) is 13.9. The molecule has 0 saturated carbocycles. The number of carbonyl (C=O) groups excluding carboxylic acids is 1. The number of rotatable bonds is 4. The molecule has 1 aromatic carbocycles. The monoisotopic (exact) mass is 329 g/mol. The molecule has 0 spiro atoms. The molecule has 0 radical (unpaired) electrons. The van der Waals surface area contributed by atoms with Crippen LogP contribution in [0.3, 0.4) is 0 Å². The van der Waals surface area contributed by atoms with E-state index in [1.165, 1.54) is 11.1 Å². The summed E-state index contributed by atoms with van der Waals surface area (Å²) in [4.78, 5) is 19.2. The van der Waals surface area contributed by atoms with Crippen molar-refractivity contribution in [1.29, 1.82) is 0 Å². The van der Waals surface area contributed by atoms with Crippen LogP contribution in [0.4, 0.5) is 0 Å². The number of thiazole rings is 1. The Morgan fingerprint density at radius 3 is 3.00 bits per heavy atom. The Kier molecular flexibility index (Phi) is 4.78. The molecule has 0 unspecified atom stereocenters. The standard InChI is InChI=1S/C18H23N3OS/c1-12-4-5-15(13(2)8-12)17-20-16(11-23-17)18(22)21-7-6-14(10-21)9-19-3/h4-5,8,11,14,19H,6-7,9-10H2,1-3H3/t14-/m1/s1. The zero-order chi connectivity index (χ0) is 16.4. The first-order valence-electron chi connectivity index (χ1n) is 8.05. The van der Waals surface area contributed by atoms with Gasteiger partial charge in [0.15, 0.2) is 0 Å². The normalized spacial score (nSPS) is 17.7. The summed E-state index contributed by atoms with van der Waals surface area (Å²) in [6.45, 7) is 6.81. The van der Waals surface area contributed by atoms with Gasteiger partial charge in [0.25, 0.3) is 5.91 Å². The Bertz CT molecular complexity index is 710. The van der Waals surface area contributed by atoms with Gasteiger partial charge in [0.05, 0.1) is 0 Å². The average molecular weight is 329 g/mol. The zero-order valence-corrected chi connectivity index (χ0v) is 14.7. The third-order valence-corrected chi connectivity index (χ3v) is 5.28. The van der Waals surface area contributed by atoms with E-state index in [0.29, 0.717) is 11.6 Å². The van der Waals surface area contributed by atoms with Crippen molar-refractivity contribution in [3.8, 4) is 10.6 Å². The highest BCUT2D eigenvalue weighted by molar-refractivity contribution is 7.13. The van der Waals surface area contributed by atoms with Crippen LogP contribution in [0.2, 0.25) is 0 Å². The van der Waals surface area contributed by atoms with E-state index in [0.717, 1.165) is 36.6 Å². The second-order valence-corrected chi connectivity index (χ2v) is 7.18. The Hall–Kier alpha value is -1.72. The van der Waals surface area contributed by atoms with Crippen LogP contribution in [-0.2, 0) is 0 Å². The lowest BCUT2D eigenvalue weighted by Gasteiger charge is -2.15. The van der Waals surface area contributed by atoms with Crippen molar-refractivity contribution in [2.24, 2.45) is 5.92 Å². The van der Waals surface area contributed by atoms with Crippen molar-refractivity contribution in [2.75, 3.05) is 26.7 Å². The molecule has 2 aromatic rings. The number of aryl methyl sites for hydroxylation is 2. The Morgan fingerprint density at radius 1 is 1.43 bits per heavy atom. The van der Waals surface area contributed by atoms with Crippen LogP contribution in [-0.4, -0.2) is 42.5 Å². The number of aromatic nitrogens is 1. The van der Waals surface area contributed by atoms with E-state index in [2.05, 4.69) is 42.3 Å². The topological polar surface area (TPSA) is 45.2 Å². The van der Waals surface area contributed by atoms with Gasteiger partial charge in [-0.15, -0.1) is 11.3 Å². The van der Waals surface area contributed by atoms with Gasteiger partial charge in [-0.05, 0) is 45.3 Å². The lowest BCUT2D eigenvalue weighted by atomic mass is 10.1. The summed E-state index contributed by atoms with van der Waals surface area (Å²) in [7, 11) is 1.96. The Labute approximate surface area is 141 Å². The van der Waals surface area contributed by atoms with Crippen LogP contribution in [0, 0.1) is 19.8 Å². The van der Waals surface area contributed by atoms with Gasteiger partial charge < -0.3 is 10.2 Å². The maximum atomic E-state index is 12.6. The van der Waals surface area contributed by atoms with Gasteiger partial charge in [0.2, 0.25) is 0 Å². The highest BCUT2D eigenvalue weighted by atomic mass is 32.1. The molecule has 4 nitrogen and oxygen atoms in total. The van der Waals surface area contributed by atoms with Gasteiger partial charge in [-0.2, -0.15) is 0 Å². The molecule has 2 heterocycles. The van der Waals surface area contributed by atoms with Gasteiger partial charge in [-0.25, -0.2) is 4.98 Å². The van der Waals surface area contributed by atoms with E-state index in [1.54, 1.807) is 11.3 Å². The van der Waals surface area contributed by atoms with E-state index in [1.807, 2.05) is 17.3 Å². The van der Waals surface area contributed by atoms with Gasteiger partial charge in [-0.1, -0.05) is 23.8 Å². The first kappa shape index (κ1) is 16.1. The fraction of sp³-hybridized carbons (Fsp3) is 0.444. The summed E-state index contributed by atoms with van der Waals surface area (Å²) in [5, 5.41) is 6.01. The molecular formula is C18H23N3OS. The third-order valence-electron chi connectivity index (χ3n) is 4.40. The van der Waals surface area contributed by atoms with Crippen molar-refractivity contribution >= 4 is 17.2 Å². The Morgan fingerprint density at radius 2 is 2.26 bits per heavy atom. The minimum absolute atomic E-state index is 0.0656. The average Bonchev–Trinajstić information content (AvgIpc) is 3.16. The summed E-state index contributed by atoms with van der Waals surface area (Å²) in [6.07, 6.45) is 1.07. The van der Waals surface area contributed by atoms with E-state index in [4.69, 9.17) is 0 Å². The minimum Gasteiger partial charge on any atom is -0.337 e. The maximum Gasteiger partial charge on any atom is 0.273 e. The van der Waals surface area contributed by atoms with Crippen LogP contribution in [0.5, 0.6) is 0 Å². The predicted octanol–water partition coefficient (Wildman–Crippen LogP) is 3.11. The first-order chi connectivity index (χ1) is 11.1. The van der Waals surface area contributed by atoms with Crippen LogP contribution in [0.1, 0.15) is 28.0 Å². The van der Waals surface area contributed by atoms with Crippen molar-refractivity contribution in [3.05, 3.63) is 40.4 Å². The summed E-state index contributed by atoms with van der Waals surface area (Å²) in [5.41, 5.74) is 4.14. The van der Waals surface area contributed by atoms with Crippen LogP contribution in [0.15, 0.2) is 23.6 Å². The fourth-order valence-corrected chi connectivity index (χ4v) is 4.07. The summed E-state index contributed by atoms with van der Waals surface area (Å²) in [6, 6.07) is 6.34. The molecule has 0 aliphatic carbocycles. The van der Waals surface area contributed by atoms with Crippen LogP contribution in [0.25, 0.3) is 10.6 Å². The number of benzene rings is 1. The van der Waals surface area contributed by atoms with Crippen molar-refractivity contribution in [3.63, 3.8) is 0 Å². The maximum absolute atomic E-state index is 12.6. The SMILES string of the molecule is CNC[C@H]1CCN(C(=O)c2csc(-c3ccc(C)cc3C)n2)C1. The number of nitrogens with zero attached hydrogens (tertiary/aromatic N) is 2. The van der Waals surface area contributed by atoms with E-state index < -0.39 is 0 Å². The lowest BCUT2D eigenvalue weighted by Crippen LogP contribution is -2.30. The second-order valence-electron chi connectivity index (χ2n) is 6.32. The van der Waals surface area contributed by atoms with Gasteiger partial charge in [0.1, 0.15) is 10.7 Å². The molecule has 1 aliphatic rings. The molecule has 1 N–H and O–H groups in total. The molecular weight excluding hydrogens is 306 g/mol. The van der Waals surface area contributed by atoms with Crippen molar-refractivity contribution in [2.45, 2.75) is 20.3 Å². The molecule has 1 saturated heterocycles. The predicted molar refractivity (Wildman–Crippen MR) is 95.0 cm³/mol. The lowest BCUT2D eigenvalue weighted by molar-refractivity contribution is 0.0782. The van der Waals surface area contributed by atoms with Crippen LogP contribution < -0.4 is 5.32 Å². The molecule has 3 rings (SSSR count). The fourth-order valence-electron chi connectivity index (χ4n) is 3.18. The number of likely N-dealkylation sites (tertiary alicyclic amines) is 1. The molecule has 23 heavy (non-hydrogen) atoms. The second kappa shape index (κ2) is 6.81. The Balaban J connectivity index is 1.75. The molecule has 5 heteroatoms. The third kappa shape index (κ3) is 3.46. The molecule has 1 aliphatic heterocycles. The molecule has 0 bridgehead atoms. The number of carbonyl (C=O) groups is 1. The van der Waals surface area contributed by atoms with Crippen molar-refractivity contribution < 1.29 is 4.79 Å². The number of hydrogen-bond acceptors (Lipinski definition) is 4. The minimum atomic E-state index is 0.0656. The smallest absolute Gasteiger partial charge is 0.273 e. The van der Waals surface area contributed by atoms with E-state index in [9.17, 15) is 4.79 Å². The summed E-state index contributed by atoms with van der Waals surface area (Å²) in [5.74, 6) is 0.622. The highest BCUT2D eigenvalue weighted by Gasteiger charge is 2.27. The first-order valence-corrected chi connectivity index (χ1v) is 8.93. The molecule has 1 amide bonds. The molecule has 122 valence electrons.